The number of unbranched alkanes of at least 4 members (excludes halogenated alkanes) is 3. The molecule has 0 radical (unpaired) electrons. The van der Waals surface area contributed by atoms with Crippen LogP contribution in [0.2, 0.25) is 0 Å². The van der Waals surface area contributed by atoms with Gasteiger partial charge in [0, 0.05) is 6.61 Å². The summed E-state index contributed by atoms with van der Waals surface area (Å²) < 4.78 is 5.08. The predicted octanol–water partition coefficient (Wildman–Crippen LogP) is 0.504. The molecule has 0 aromatic carbocycles. The first-order valence-corrected chi connectivity index (χ1v) is 4.73. The molecule has 0 aliphatic rings. The normalized spacial score (nSPS) is 9.23. The third-order valence-corrected chi connectivity index (χ3v) is 1.38. The van der Waals surface area contributed by atoms with E-state index in [9.17, 15) is 0 Å². The quantitative estimate of drug-likeness (QED) is 0.408. The van der Waals surface area contributed by atoms with Gasteiger partial charge in [-0.15, -0.1) is 0 Å². The third kappa shape index (κ3) is 24.5. The van der Waals surface area contributed by atoms with Crippen molar-refractivity contribution in [1.29, 1.82) is 0 Å². The molecule has 0 unspecified atom stereocenters. The Morgan fingerprint density at radius 1 is 0.923 bits per heavy atom. The number of hydrogen-bond acceptors (Lipinski definition) is 4. The van der Waals surface area contributed by atoms with Crippen LogP contribution in [0.4, 0.5) is 0 Å². The largest absolute Gasteiger partial charge is 0.394 e. The van der Waals surface area contributed by atoms with Crippen molar-refractivity contribution in [3.63, 3.8) is 0 Å². The van der Waals surface area contributed by atoms with Crippen molar-refractivity contribution in [2.75, 3.05) is 26.6 Å². The minimum absolute atomic E-state index is 0.147. The smallest absolute Gasteiger partial charge is 0.140 e. The zero-order valence-corrected chi connectivity index (χ0v) is 8.41. The molecule has 0 saturated heterocycles. The minimum atomic E-state index is -0.750. The van der Waals surface area contributed by atoms with Crippen LogP contribution in [0, 0.1) is 0 Å². The van der Waals surface area contributed by atoms with Gasteiger partial charge < -0.3 is 20.1 Å². The van der Waals surface area contributed by atoms with E-state index in [4.69, 9.17) is 20.1 Å². The Morgan fingerprint density at radius 3 is 2.00 bits per heavy atom. The van der Waals surface area contributed by atoms with E-state index in [1.807, 2.05) is 0 Å². The molecule has 13 heavy (non-hydrogen) atoms. The van der Waals surface area contributed by atoms with Gasteiger partial charge in [-0.3, -0.25) is 0 Å². The molecule has 0 aliphatic heterocycles. The van der Waals surface area contributed by atoms with E-state index in [1.54, 1.807) is 0 Å². The maximum absolute atomic E-state index is 8.34. The zero-order chi connectivity index (χ0) is 10.4. The van der Waals surface area contributed by atoms with E-state index in [0.29, 0.717) is 6.61 Å². The molecule has 0 aromatic rings. The van der Waals surface area contributed by atoms with E-state index >= 15 is 0 Å². The van der Waals surface area contributed by atoms with Crippen molar-refractivity contribution in [2.45, 2.75) is 32.6 Å². The minimum Gasteiger partial charge on any atom is -0.394 e. The van der Waals surface area contributed by atoms with Gasteiger partial charge in [-0.1, -0.05) is 26.2 Å². The second kappa shape index (κ2) is 17.8. The lowest BCUT2D eigenvalue weighted by atomic mass is 10.2. The number of aliphatic hydroxyl groups excluding tert-OH is 2. The monoisotopic (exact) mass is 194 g/mol. The summed E-state index contributed by atoms with van der Waals surface area (Å²) in [6.45, 7) is 2.88. The first-order chi connectivity index (χ1) is 6.33. The van der Waals surface area contributed by atoms with Gasteiger partial charge in [0.25, 0.3) is 0 Å². The molecule has 4 nitrogen and oxygen atoms in total. The molecule has 0 bridgehead atoms. The lowest BCUT2D eigenvalue weighted by Gasteiger charge is -2.00. The van der Waals surface area contributed by atoms with Crippen molar-refractivity contribution in [3.8, 4) is 0 Å². The summed E-state index contributed by atoms with van der Waals surface area (Å²) in [5, 5.41) is 22.6. The fourth-order valence-electron chi connectivity index (χ4n) is 0.798. The Kier molecular flexibility index (Phi) is 21.0. The lowest BCUT2D eigenvalue weighted by Crippen LogP contribution is -2.00. The van der Waals surface area contributed by atoms with E-state index in [0.717, 1.165) is 13.0 Å². The van der Waals surface area contributed by atoms with Crippen LogP contribution in [-0.4, -0.2) is 41.9 Å². The van der Waals surface area contributed by atoms with E-state index in [2.05, 4.69) is 6.92 Å². The fourth-order valence-corrected chi connectivity index (χ4v) is 0.798. The molecule has 0 rings (SSSR count). The van der Waals surface area contributed by atoms with Crippen molar-refractivity contribution >= 4 is 0 Å². The van der Waals surface area contributed by atoms with Crippen molar-refractivity contribution in [2.24, 2.45) is 0 Å². The summed E-state index contributed by atoms with van der Waals surface area (Å²) in [5.74, 6) is 0. The Labute approximate surface area is 80.2 Å². The van der Waals surface area contributed by atoms with Gasteiger partial charge in [-0.05, 0) is 6.42 Å². The molecule has 0 spiro atoms. The van der Waals surface area contributed by atoms with Gasteiger partial charge in [-0.25, -0.2) is 0 Å². The molecule has 0 aliphatic carbocycles. The molecule has 0 saturated carbocycles. The molecule has 3 N–H and O–H groups in total. The maximum atomic E-state index is 8.34. The van der Waals surface area contributed by atoms with Gasteiger partial charge in [0.05, 0.1) is 13.2 Å². The van der Waals surface area contributed by atoms with Crippen LogP contribution in [0.3, 0.4) is 0 Å². The average Bonchev–Trinajstić information content (AvgIpc) is 2.13. The molecule has 0 fully saturated rings. The highest BCUT2D eigenvalue weighted by atomic mass is 16.5. The van der Waals surface area contributed by atoms with Crippen molar-refractivity contribution in [3.05, 3.63) is 0 Å². The van der Waals surface area contributed by atoms with Crippen LogP contribution in [0.25, 0.3) is 0 Å². The summed E-state index contributed by atoms with van der Waals surface area (Å²) in [4.78, 5) is 0. The second-order valence-electron chi connectivity index (χ2n) is 2.54. The molecule has 0 amide bonds. The number of ether oxygens (including phenoxy) is 1. The Bertz CT molecular complexity index is 60.6. The summed E-state index contributed by atoms with van der Waals surface area (Å²) in [6.07, 6.45) is 4.94. The van der Waals surface area contributed by atoms with Crippen LogP contribution >= 0.6 is 0 Å². The highest BCUT2D eigenvalue weighted by molar-refractivity contribution is 4.38. The highest BCUT2D eigenvalue weighted by Gasteiger charge is 1.87. The number of rotatable bonds is 7. The van der Waals surface area contributed by atoms with E-state index in [-0.39, 0.29) is 6.61 Å². The molecule has 82 valence electrons. The zero-order valence-electron chi connectivity index (χ0n) is 8.41. The first kappa shape index (κ1) is 15.3. The molecule has 0 heterocycles. The topological polar surface area (TPSA) is 69.9 Å². The number of hydrogen-bond donors (Lipinski definition) is 3. The van der Waals surface area contributed by atoms with Gasteiger partial charge >= 0.3 is 0 Å². The summed E-state index contributed by atoms with van der Waals surface area (Å²) >= 11 is 0. The van der Waals surface area contributed by atoms with Crippen LogP contribution in [0.5, 0.6) is 0 Å². The van der Waals surface area contributed by atoms with E-state index in [1.165, 1.54) is 19.3 Å². The summed E-state index contributed by atoms with van der Waals surface area (Å²) in [6, 6.07) is 0. The predicted molar refractivity (Wildman–Crippen MR) is 51.4 cm³/mol. The van der Waals surface area contributed by atoms with Crippen molar-refractivity contribution in [1.82, 2.24) is 0 Å². The van der Waals surface area contributed by atoms with E-state index < -0.39 is 6.79 Å². The molecule has 4 heteroatoms. The highest BCUT2D eigenvalue weighted by Crippen LogP contribution is 1.98. The summed E-state index contributed by atoms with van der Waals surface area (Å²) in [7, 11) is 0. The van der Waals surface area contributed by atoms with Crippen molar-refractivity contribution < 1.29 is 20.1 Å². The molecular formula is C9H22O4. The SMILES string of the molecule is CCCCCCOCCO.OCO. The van der Waals surface area contributed by atoms with Crippen LogP contribution in [-0.2, 0) is 4.74 Å². The summed E-state index contributed by atoms with van der Waals surface area (Å²) in [5.41, 5.74) is 0. The lowest BCUT2D eigenvalue weighted by molar-refractivity contribution is 0.0773. The maximum Gasteiger partial charge on any atom is 0.140 e. The molecular weight excluding hydrogens is 172 g/mol. The van der Waals surface area contributed by atoms with Gasteiger partial charge in [0.2, 0.25) is 0 Å². The molecule has 0 atom stereocenters. The van der Waals surface area contributed by atoms with Gasteiger partial charge in [0.1, 0.15) is 6.79 Å². The Balaban J connectivity index is 0. The fraction of sp³-hybridized carbons (Fsp3) is 1.00. The van der Waals surface area contributed by atoms with Crippen LogP contribution in [0.1, 0.15) is 32.6 Å². The Hall–Kier alpha value is -0.160. The second-order valence-corrected chi connectivity index (χ2v) is 2.54. The van der Waals surface area contributed by atoms with Gasteiger partial charge in [-0.2, -0.15) is 0 Å². The average molecular weight is 194 g/mol. The van der Waals surface area contributed by atoms with Crippen LogP contribution < -0.4 is 0 Å². The molecule has 0 aromatic heterocycles. The van der Waals surface area contributed by atoms with Gasteiger partial charge in [0.15, 0.2) is 0 Å². The number of aliphatic hydroxyl groups is 3. The standard InChI is InChI=1S/C8H18O2.CH4O2/c1-2-3-4-5-7-10-8-6-9;2-1-3/h9H,2-8H2,1H3;2-3H,1H2. The third-order valence-electron chi connectivity index (χ3n) is 1.38. The Morgan fingerprint density at radius 2 is 1.54 bits per heavy atom. The first-order valence-electron chi connectivity index (χ1n) is 4.73. The van der Waals surface area contributed by atoms with Crippen LogP contribution in [0.15, 0.2) is 0 Å².